The van der Waals surface area contributed by atoms with Crippen molar-refractivity contribution in [3.8, 4) is 17.0 Å². The van der Waals surface area contributed by atoms with Crippen LogP contribution in [0.4, 0.5) is 0 Å². The summed E-state index contributed by atoms with van der Waals surface area (Å²) >= 11 is 0. The number of aliphatic hydroxyl groups is 1. The number of pyridine rings is 1. The van der Waals surface area contributed by atoms with E-state index < -0.39 is 9.84 Å². The predicted molar refractivity (Wildman–Crippen MR) is 103 cm³/mol. The molecule has 1 heterocycles. The molecule has 0 bridgehead atoms. The number of aromatic nitrogens is 1. The summed E-state index contributed by atoms with van der Waals surface area (Å²) in [5.74, 6) is 0.684. The lowest BCUT2D eigenvalue weighted by Crippen LogP contribution is -2.03. The lowest BCUT2D eigenvalue weighted by molar-refractivity contribution is 0.202. The summed E-state index contributed by atoms with van der Waals surface area (Å²) < 4.78 is 28.7. The van der Waals surface area contributed by atoms with Crippen molar-refractivity contribution in [1.29, 1.82) is 0 Å². The van der Waals surface area contributed by atoms with Crippen molar-refractivity contribution in [3.63, 3.8) is 0 Å². The second-order valence-electron chi connectivity index (χ2n) is 6.31. The van der Waals surface area contributed by atoms with Crippen molar-refractivity contribution >= 4 is 20.7 Å². The van der Waals surface area contributed by atoms with Gasteiger partial charge in [-0.15, -0.1) is 0 Å². The molecule has 1 aromatic heterocycles. The van der Waals surface area contributed by atoms with Crippen LogP contribution in [0.2, 0.25) is 0 Å². The SMILES string of the molecule is Cc1cc(-c2ccccc2OCCO)nc2ccc(CS(C)(=O)=O)cc12. The van der Waals surface area contributed by atoms with Gasteiger partial charge in [-0.3, -0.25) is 0 Å². The number of aryl methyl sites for hydroxylation is 1. The smallest absolute Gasteiger partial charge is 0.151 e. The Morgan fingerprint density at radius 3 is 2.62 bits per heavy atom. The number of benzene rings is 2. The van der Waals surface area contributed by atoms with Gasteiger partial charge in [-0.25, -0.2) is 13.4 Å². The first kappa shape index (κ1) is 18.4. The normalized spacial score (nSPS) is 11.7. The standard InChI is InChI=1S/C20H21NO4S/c1-14-11-19(16-5-3-4-6-20(16)25-10-9-22)21-18-8-7-15(12-17(14)18)13-26(2,23)24/h3-8,11-12,22H,9-10,13H2,1-2H3. The summed E-state index contributed by atoms with van der Waals surface area (Å²) in [6, 6.07) is 15.1. The molecule has 5 nitrogen and oxygen atoms in total. The van der Waals surface area contributed by atoms with E-state index in [2.05, 4.69) is 0 Å². The van der Waals surface area contributed by atoms with Gasteiger partial charge >= 0.3 is 0 Å². The molecule has 136 valence electrons. The first-order valence-electron chi connectivity index (χ1n) is 8.28. The molecule has 0 unspecified atom stereocenters. The highest BCUT2D eigenvalue weighted by atomic mass is 32.2. The van der Waals surface area contributed by atoms with Gasteiger partial charge in [-0.2, -0.15) is 0 Å². The van der Waals surface area contributed by atoms with Crippen LogP contribution in [0.5, 0.6) is 5.75 Å². The van der Waals surface area contributed by atoms with Crippen LogP contribution < -0.4 is 4.74 Å². The third kappa shape index (κ3) is 4.20. The zero-order valence-corrected chi connectivity index (χ0v) is 15.6. The summed E-state index contributed by atoms with van der Waals surface area (Å²) in [6.45, 7) is 2.15. The lowest BCUT2D eigenvalue weighted by atomic mass is 10.0. The number of sulfone groups is 1. The van der Waals surface area contributed by atoms with Gasteiger partial charge in [-0.05, 0) is 48.4 Å². The molecule has 0 saturated carbocycles. The van der Waals surface area contributed by atoms with Crippen molar-refractivity contribution in [2.24, 2.45) is 0 Å². The van der Waals surface area contributed by atoms with Crippen LogP contribution in [0.3, 0.4) is 0 Å². The molecule has 3 rings (SSSR count). The van der Waals surface area contributed by atoms with Crippen LogP contribution in [0.15, 0.2) is 48.5 Å². The van der Waals surface area contributed by atoms with E-state index in [9.17, 15) is 8.42 Å². The lowest BCUT2D eigenvalue weighted by Gasteiger charge is -2.12. The van der Waals surface area contributed by atoms with Crippen molar-refractivity contribution < 1.29 is 18.3 Å². The number of para-hydroxylation sites is 1. The summed E-state index contributed by atoms with van der Waals surface area (Å²) in [4.78, 5) is 4.72. The average Bonchev–Trinajstić information content (AvgIpc) is 2.59. The summed E-state index contributed by atoms with van der Waals surface area (Å²) in [7, 11) is -3.08. The Hall–Kier alpha value is -2.44. The Morgan fingerprint density at radius 2 is 1.88 bits per heavy atom. The highest BCUT2D eigenvalue weighted by Gasteiger charge is 2.12. The van der Waals surface area contributed by atoms with Gasteiger partial charge < -0.3 is 9.84 Å². The van der Waals surface area contributed by atoms with Gasteiger partial charge in [0.25, 0.3) is 0 Å². The quantitative estimate of drug-likeness (QED) is 0.720. The molecule has 0 aliphatic carbocycles. The number of hydrogen-bond donors (Lipinski definition) is 1. The molecule has 0 aliphatic heterocycles. The van der Waals surface area contributed by atoms with Crippen molar-refractivity contribution in [3.05, 3.63) is 59.7 Å². The van der Waals surface area contributed by atoms with Crippen LogP contribution in [0.25, 0.3) is 22.2 Å². The number of hydrogen-bond acceptors (Lipinski definition) is 5. The molecular weight excluding hydrogens is 350 g/mol. The molecule has 0 spiro atoms. The van der Waals surface area contributed by atoms with E-state index in [1.165, 1.54) is 6.26 Å². The molecule has 2 aromatic carbocycles. The monoisotopic (exact) mass is 371 g/mol. The summed E-state index contributed by atoms with van der Waals surface area (Å²) in [5.41, 5.74) is 4.20. The van der Waals surface area contributed by atoms with E-state index >= 15 is 0 Å². The van der Waals surface area contributed by atoms with Crippen LogP contribution in [-0.4, -0.2) is 38.0 Å². The maximum Gasteiger partial charge on any atom is 0.151 e. The fraction of sp³-hybridized carbons (Fsp3) is 0.250. The van der Waals surface area contributed by atoms with E-state index in [1.807, 2.05) is 49.4 Å². The number of aliphatic hydroxyl groups excluding tert-OH is 1. The first-order valence-corrected chi connectivity index (χ1v) is 10.3. The summed E-state index contributed by atoms with van der Waals surface area (Å²) in [6.07, 6.45) is 1.23. The van der Waals surface area contributed by atoms with Gasteiger partial charge in [0.1, 0.15) is 12.4 Å². The Morgan fingerprint density at radius 1 is 1.12 bits per heavy atom. The molecule has 6 heteroatoms. The zero-order valence-electron chi connectivity index (χ0n) is 14.8. The van der Waals surface area contributed by atoms with Crippen LogP contribution in [-0.2, 0) is 15.6 Å². The van der Waals surface area contributed by atoms with Gasteiger partial charge in [0.05, 0.1) is 23.6 Å². The second-order valence-corrected chi connectivity index (χ2v) is 8.45. The minimum absolute atomic E-state index is 0.0158. The Bertz CT molecular complexity index is 1040. The molecule has 0 radical (unpaired) electrons. The molecule has 0 amide bonds. The van der Waals surface area contributed by atoms with Gasteiger partial charge in [0.2, 0.25) is 0 Å². The highest BCUT2D eigenvalue weighted by molar-refractivity contribution is 7.89. The Kier molecular flexibility index (Phi) is 5.25. The largest absolute Gasteiger partial charge is 0.490 e. The minimum Gasteiger partial charge on any atom is -0.490 e. The molecular formula is C20H21NO4S. The van der Waals surface area contributed by atoms with Crippen LogP contribution in [0.1, 0.15) is 11.1 Å². The van der Waals surface area contributed by atoms with Crippen LogP contribution in [0, 0.1) is 6.92 Å². The fourth-order valence-corrected chi connectivity index (χ4v) is 3.72. The number of nitrogens with zero attached hydrogens (tertiary/aromatic N) is 1. The molecule has 1 N–H and O–H groups in total. The minimum atomic E-state index is -3.08. The van der Waals surface area contributed by atoms with Gasteiger partial charge in [-0.1, -0.05) is 18.2 Å². The molecule has 0 fully saturated rings. The van der Waals surface area contributed by atoms with E-state index in [1.54, 1.807) is 6.07 Å². The van der Waals surface area contributed by atoms with Gasteiger partial charge in [0.15, 0.2) is 9.84 Å². The molecule has 0 atom stereocenters. The number of fused-ring (bicyclic) bond motifs is 1. The number of rotatable bonds is 6. The molecule has 0 aliphatic rings. The van der Waals surface area contributed by atoms with Crippen LogP contribution >= 0.6 is 0 Å². The average molecular weight is 371 g/mol. The maximum absolute atomic E-state index is 11.5. The number of ether oxygens (including phenoxy) is 1. The third-order valence-corrected chi connectivity index (χ3v) is 4.88. The second kappa shape index (κ2) is 7.43. The zero-order chi connectivity index (χ0) is 18.7. The van der Waals surface area contributed by atoms with E-state index in [4.69, 9.17) is 14.8 Å². The van der Waals surface area contributed by atoms with Crippen molar-refractivity contribution in [1.82, 2.24) is 4.98 Å². The molecule has 26 heavy (non-hydrogen) atoms. The topological polar surface area (TPSA) is 76.5 Å². The highest BCUT2D eigenvalue weighted by Crippen LogP contribution is 2.31. The van der Waals surface area contributed by atoms with E-state index in [-0.39, 0.29) is 19.0 Å². The Balaban J connectivity index is 2.06. The van der Waals surface area contributed by atoms with E-state index in [0.717, 1.165) is 33.3 Å². The predicted octanol–water partition coefficient (Wildman–Crippen LogP) is 3.13. The molecule has 0 saturated heterocycles. The molecule has 3 aromatic rings. The first-order chi connectivity index (χ1) is 12.4. The Labute approximate surface area is 153 Å². The van der Waals surface area contributed by atoms with Crippen molar-refractivity contribution in [2.75, 3.05) is 19.5 Å². The third-order valence-electron chi connectivity index (χ3n) is 4.02. The maximum atomic E-state index is 11.5. The van der Waals surface area contributed by atoms with E-state index in [0.29, 0.717) is 5.75 Å². The summed E-state index contributed by atoms with van der Waals surface area (Å²) in [5, 5.41) is 9.93. The van der Waals surface area contributed by atoms with Crippen molar-refractivity contribution in [2.45, 2.75) is 12.7 Å². The fourth-order valence-electron chi connectivity index (χ4n) is 2.93. The van der Waals surface area contributed by atoms with Gasteiger partial charge in [0, 0.05) is 17.2 Å².